The van der Waals surface area contributed by atoms with Gasteiger partial charge in [-0.3, -0.25) is 4.79 Å². The first-order chi connectivity index (χ1) is 11.4. The van der Waals surface area contributed by atoms with E-state index in [-0.39, 0.29) is 0 Å². The molecule has 136 valence electrons. The van der Waals surface area contributed by atoms with Crippen LogP contribution in [0.5, 0.6) is 0 Å². The Labute approximate surface area is 146 Å². The van der Waals surface area contributed by atoms with Crippen molar-refractivity contribution in [1.29, 1.82) is 0 Å². The smallest absolute Gasteiger partial charge is 0.226 e. The molecule has 1 aliphatic carbocycles. The van der Waals surface area contributed by atoms with Gasteiger partial charge in [-0.05, 0) is 56.8 Å². The number of allylic oxidation sites excluding steroid dienone is 1. The average molecular weight is 355 g/mol. The third-order valence-corrected chi connectivity index (χ3v) is 7.28. The molecular formula is C18H30N2O3S. The van der Waals surface area contributed by atoms with E-state index in [2.05, 4.69) is 6.08 Å². The lowest BCUT2D eigenvalue weighted by molar-refractivity contribution is -0.129. The molecule has 3 aliphatic rings. The molecule has 2 saturated heterocycles. The predicted octanol–water partition coefficient (Wildman–Crippen LogP) is 2.40. The van der Waals surface area contributed by atoms with Crippen LogP contribution in [0.25, 0.3) is 0 Å². The van der Waals surface area contributed by atoms with Gasteiger partial charge >= 0.3 is 0 Å². The first-order valence-electron chi connectivity index (χ1n) is 9.34. The molecule has 6 heteroatoms. The Morgan fingerprint density at radius 2 is 1.83 bits per heavy atom. The van der Waals surface area contributed by atoms with Crippen LogP contribution >= 0.6 is 0 Å². The quantitative estimate of drug-likeness (QED) is 0.729. The topological polar surface area (TPSA) is 57.7 Å². The van der Waals surface area contributed by atoms with Crippen molar-refractivity contribution in [3.63, 3.8) is 0 Å². The zero-order chi connectivity index (χ0) is 17.2. The third kappa shape index (κ3) is 4.39. The van der Waals surface area contributed by atoms with Crippen LogP contribution in [0.3, 0.4) is 0 Å². The van der Waals surface area contributed by atoms with Crippen molar-refractivity contribution >= 4 is 15.9 Å². The molecular weight excluding hydrogens is 324 g/mol. The molecule has 1 atom stereocenters. The summed E-state index contributed by atoms with van der Waals surface area (Å²) in [6.07, 6.45) is 11.8. The first-order valence-corrected chi connectivity index (χ1v) is 11.2. The van der Waals surface area contributed by atoms with E-state index in [0.29, 0.717) is 37.3 Å². The Balaban J connectivity index is 1.47. The maximum absolute atomic E-state index is 12.5. The Morgan fingerprint density at radius 3 is 2.46 bits per heavy atom. The van der Waals surface area contributed by atoms with Crippen molar-refractivity contribution in [1.82, 2.24) is 9.21 Å². The van der Waals surface area contributed by atoms with Gasteiger partial charge in [0.2, 0.25) is 15.9 Å². The molecule has 0 radical (unpaired) electrons. The number of nitrogens with zero attached hydrogens (tertiary/aromatic N) is 2. The van der Waals surface area contributed by atoms with E-state index < -0.39 is 10.0 Å². The van der Waals surface area contributed by atoms with E-state index >= 15 is 0 Å². The van der Waals surface area contributed by atoms with Crippen LogP contribution in [0.15, 0.2) is 11.6 Å². The van der Waals surface area contributed by atoms with E-state index in [1.807, 2.05) is 4.90 Å². The third-order valence-electron chi connectivity index (χ3n) is 5.97. The second-order valence-electron chi connectivity index (χ2n) is 7.67. The molecule has 24 heavy (non-hydrogen) atoms. The average Bonchev–Trinajstić information content (AvgIpc) is 3.05. The fourth-order valence-electron chi connectivity index (χ4n) is 4.45. The summed E-state index contributed by atoms with van der Waals surface area (Å²) in [7, 11) is -3.05. The zero-order valence-electron chi connectivity index (χ0n) is 14.7. The van der Waals surface area contributed by atoms with Crippen LogP contribution in [0.2, 0.25) is 0 Å². The Morgan fingerprint density at radius 1 is 1.12 bits per heavy atom. The largest absolute Gasteiger partial charge is 0.342 e. The zero-order valence-corrected chi connectivity index (χ0v) is 15.6. The molecule has 0 aromatic carbocycles. The fraction of sp³-hybridized carbons (Fsp3) is 0.833. The van der Waals surface area contributed by atoms with Gasteiger partial charge in [0, 0.05) is 32.6 Å². The standard InChI is InChI=1S/C18H30N2O3S/c1-24(22,23)20-11-8-16(9-12-20)17-7-10-19(14-17)18(21)13-15-5-3-2-4-6-15/h5,16-17H,2-4,6-14H2,1H3. The van der Waals surface area contributed by atoms with E-state index in [9.17, 15) is 13.2 Å². The summed E-state index contributed by atoms with van der Waals surface area (Å²) in [5, 5.41) is 0. The van der Waals surface area contributed by atoms with Gasteiger partial charge in [-0.15, -0.1) is 0 Å². The van der Waals surface area contributed by atoms with Crippen LogP contribution in [-0.4, -0.2) is 56.0 Å². The summed E-state index contributed by atoms with van der Waals surface area (Å²) >= 11 is 0. The lowest BCUT2D eigenvalue weighted by Crippen LogP contribution is -2.40. The number of amides is 1. The van der Waals surface area contributed by atoms with Crippen LogP contribution in [-0.2, 0) is 14.8 Å². The molecule has 0 aromatic heterocycles. The Bertz CT molecular complexity index is 591. The highest BCUT2D eigenvalue weighted by atomic mass is 32.2. The predicted molar refractivity (Wildman–Crippen MR) is 95.0 cm³/mol. The van der Waals surface area contributed by atoms with Crippen LogP contribution < -0.4 is 0 Å². The molecule has 1 amide bonds. The number of rotatable bonds is 4. The number of carbonyl (C=O) groups excluding carboxylic acids is 1. The van der Waals surface area contributed by atoms with Crippen molar-refractivity contribution in [2.45, 2.75) is 51.4 Å². The van der Waals surface area contributed by atoms with Crippen molar-refractivity contribution in [2.24, 2.45) is 11.8 Å². The molecule has 0 bridgehead atoms. The van der Waals surface area contributed by atoms with Crippen molar-refractivity contribution in [3.05, 3.63) is 11.6 Å². The number of likely N-dealkylation sites (tertiary alicyclic amines) is 1. The van der Waals surface area contributed by atoms with Crippen LogP contribution in [0.4, 0.5) is 0 Å². The molecule has 0 aromatic rings. The first kappa shape index (κ1) is 17.9. The molecule has 5 nitrogen and oxygen atoms in total. The lowest BCUT2D eigenvalue weighted by atomic mass is 9.84. The van der Waals surface area contributed by atoms with Crippen molar-refractivity contribution < 1.29 is 13.2 Å². The van der Waals surface area contributed by atoms with Crippen LogP contribution in [0, 0.1) is 11.8 Å². The highest BCUT2D eigenvalue weighted by Crippen LogP contribution is 2.33. The summed E-state index contributed by atoms with van der Waals surface area (Å²) in [5.41, 5.74) is 1.33. The van der Waals surface area contributed by atoms with Gasteiger partial charge in [0.1, 0.15) is 0 Å². The highest BCUT2D eigenvalue weighted by molar-refractivity contribution is 7.88. The number of piperidine rings is 1. The summed E-state index contributed by atoms with van der Waals surface area (Å²) in [6, 6.07) is 0. The van der Waals surface area contributed by atoms with Gasteiger partial charge in [-0.25, -0.2) is 12.7 Å². The molecule has 0 spiro atoms. The number of carbonyl (C=O) groups is 1. The maximum atomic E-state index is 12.5. The summed E-state index contributed by atoms with van der Waals surface area (Å²) in [5.74, 6) is 1.41. The summed E-state index contributed by atoms with van der Waals surface area (Å²) in [4.78, 5) is 14.6. The molecule has 2 aliphatic heterocycles. The molecule has 1 unspecified atom stereocenters. The Kier molecular flexibility index (Phi) is 5.65. The van der Waals surface area contributed by atoms with Gasteiger partial charge in [0.15, 0.2) is 0 Å². The second kappa shape index (κ2) is 7.56. The fourth-order valence-corrected chi connectivity index (χ4v) is 5.32. The monoisotopic (exact) mass is 354 g/mol. The minimum absolute atomic E-state index is 0.291. The normalized spacial score (nSPS) is 27.3. The number of sulfonamides is 1. The minimum atomic E-state index is -3.05. The second-order valence-corrected chi connectivity index (χ2v) is 9.66. The summed E-state index contributed by atoms with van der Waals surface area (Å²) < 4.78 is 24.8. The summed E-state index contributed by atoms with van der Waals surface area (Å²) in [6.45, 7) is 3.03. The van der Waals surface area contributed by atoms with Crippen molar-refractivity contribution in [3.8, 4) is 0 Å². The molecule has 3 rings (SSSR count). The highest BCUT2D eigenvalue weighted by Gasteiger charge is 2.35. The van der Waals surface area contributed by atoms with Crippen molar-refractivity contribution in [2.75, 3.05) is 32.4 Å². The maximum Gasteiger partial charge on any atom is 0.226 e. The lowest BCUT2D eigenvalue weighted by Gasteiger charge is -2.33. The minimum Gasteiger partial charge on any atom is -0.342 e. The van der Waals surface area contributed by atoms with E-state index in [0.717, 1.165) is 45.2 Å². The number of hydrogen-bond donors (Lipinski definition) is 0. The molecule has 2 fully saturated rings. The Hall–Kier alpha value is -0.880. The molecule has 0 N–H and O–H groups in total. The van der Waals surface area contributed by atoms with E-state index in [4.69, 9.17) is 0 Å². The van der Waals surface area contributed by atoms with Crippen LogP contribution in [0.1, 0.15) is 51.4 Å². The van der Waals surface area contributed by atoms with Gasteiger partial charge in [0.25, 0.3) is 0 Å². The van der Waals surface area contributed by atoms with Gasteiger partial charge < -0.3 is 4.90 Å². The number of hydrogen-bond acceptors (Lipinski definition) is 3. The van der Waals surface area contributed by atoms with Gasteiger partial charge in [-0.2, -0.15) is 0 Å². The van der Waals surface area contributed by atoms with Gasteiger partial charge in [0.05, 0.1) is 6.26 Å². The molecule has 2 heterocycles. The van der Waals surface area contributed by atoms with E-state index in [1.165, 1.54) is 24.7 Å². The SMILES string of the molecule is CS(=O)(=O)N1CCC(C2CCN(C(=O)CC3=CCCCC3)C2)CC1. The van der Waals surface area contributed by atoms with E-state index in [1.54, 1.807) is 4.31 Å². The van der Waals surface area contributed by atoms with Gasteiger partial charge in [-0.1, -0.05) is 11.6 Å². The molecule has 0 saturated carbocycles.